The standard InChI is InChI=1S/C30H49N5O9/c31-10-4-2-1-3-5-17-44-26-8-6-24(7-9-26)18-25-19-34(22-29(40)41)14-13-32(20-27(36)37)11-12-33(21-28(38)39)15-16-35(25)23-30(42)43/h6-9,25H,1-5,10-23,31H2,(H,36,37)(H,38,39)(H,40,41)(H,42,43). The third-order valence-electron chi connectivity index (χ3n) is 7.58. The molecule has 1 atom stereocenters. The third kappa shape index (κ3) is 16.0. The van der Waals surface area contributed by atoms with Gasteiger partial charge in [0.25, 0.3) is 0 Å². The van der Waals surface area contributed by atoms with Crippen molar-refractivity contribution in [2.75, 3.05) is 85.1 Å². The molecule has 1 saturated heterocycles. The van der Waals surface area contributed by atoms with Crippen molar-refractivity contribution in [2.45, 2.75) is 44.6 Å². The first kappa shape index (κ1) is 36.9. The molecule has 0 aromatic heterocycles. The van der Waals surface area contributed by atoms with Crippen LogP contribution in [0.3, 0.4) is 0 Å². The van der Waals surface area contributed by atoms with Crippen LogP contribution in [0.15, 0.2) is 24.3 Å². The van der Waals surface area contributed by atoms with Gasteiger partial charge in [0.05, 0.1) is 32.8 Å². The maximum Gasteiger partial charge on any atom is 0.317 e. The highest BCUT2D eigenvalue weighted by Gasteiger charge is 2.27. The van der Waals surface area contributed by atoms with Crippen LogP contribution in [0.5, 0.6) is 5.75 Å². The summed E-state index contributed by atoms with van der Waals surface area (Å²) in [6, 6.07) is 7.16. The van der Waals surface area contributed by atoms with Crippen LogP contribution in [0.1, 0.15) is 37.7 Å². The molecule has 1 aromatic carbocycles. The Hall–Kier alpha value is -3.30. The predicted molar refractivity (Wildman–Crippen MR) is 163 cm³/mol. The van der Waals surface area contributed by atoms with Gasteiger partial charge in [0, 0.05) is 51.9 Å². The van der Waals surface area contributed by atoms with Crippen molar-refractivity contribution < 1.29 is 44.3 Å². The molecule has 2 rings (SSSR count). The fourth-order valence-corrected chi connectivity index (χ4v) is 5.32. The average Bonchev–Trinajstić information content (AvgIpc) is 2.94. The Bertz CT molecular complexity index is 1030. The summed E-state index contributed by atoms with van der Waals surface area (Å²) in [4.78, 5) is 53.5. The van der Waals surface area contributed by atoms with E-state index >= 15 is 0 Å². The maximum atomic E-state index is 11.9. The van der Waals surface area contributed by atoms with E-state index in [2.05, 4.69) is 0 Å². The molecule has 0 saturated carbocycles. The van der Waals surface area contributed by atoms with Gasteiger partial charge >= 0.3 is 23.9 Å². The highest BCUT2D eigenvalue weighted by molar-refractivity contribution is 5.70. The fourth-order valence-electron chi connectivity index (χ4n) is 5.32. The monoisotopic (exact) mass is 623 g/mol. The second kappa shape index (κ2) is 20.6. The molecule has 14 heteroatoms. The predicted octanol–water partition coefficient (Wildman–Crippen LogP) is 0.446. The summed E-state index contributed by atoms with van der Waals surface area (Å²) < 4.78 is 5.88. The zero-order chi connectivity index (χ0) is 32.3. The molecule has 14 nitrogen and oxygen atoms in total. The van der Waals surface area contributed by atoms with Gasteiger partial charge in [-0.2, -0.15) is 0 Å². The fraction of sp³-hybridized carbons (Fsp3) is 0.667. The number of aliphatic carboxylic acids is 4. The van der Waals surface area contributed by atoms with E-state index in [4.69, 9.17) is 10.5 Å². The van der Waals surface area contributed by atoms with Crippen LogP contribution < -0.4 is 10.5 Å². The van der Waals surface area contributed by atoms with Gasteiger partial charge in [-0.3, -0.25) is 38.8 Å². The zero-order valence-electron chi connectivity index (χ0n) is 25.5. The van der Waals surface area contributed by atoms with Crippen molar-refractivity contribution in [2.24, 2.45) is 5.73 Å². The number of carboxylic acid groups (broad SMARTS) is 4. The number of carboxylic acids is 4. The van der Waals surface area contributed by atoms with E-state index in [9.17, 15) is 39.6 Å². The molecule has 1 aliphatic heterocycles. The number of carbonyl (C=O) groups is 4. The van der Waals surface area contributed by atoms with Crippen molar-refractivity contribution >= 4 is 23.9 Å². The van der Waals surface area contributed by atoms with Crippen molar-refractivity contribution in [1.29, 1.82) is 0 Å². The normalized spacial score (nSPS) is 18.2. The number of rotatable bonds is 18. The van der Waals surface area contributed by atoms with E-state index in [0.717, 1.165) is 43.4 Å². The Kier molecular flexibility index (Phi) is 17.3. The highest BCUT2D eigenvalue weighted by Crippen LogP contribution is 2.18. The van der Waals surface area contributed by atoms with Gasteiger partial charge in [-0.05, 0) is 43.5 Å². The van der Waals surface area contributed by atoms with Crippen molar-refractivity contribution in [1.82, 2.24) is 19.6 Å². The van der Waals surface area contributed by atoms with E-state index in [1.165, 1.54) is 0 Å². The van der Waals surface area contributed by atoms with E-state index in [1.54, 1.807) is 19.6 Å². The van der Waals surface area contributed by atoms with Crippen LogP contribution in [0.2, 0.25) is 0 Å². The number of hydrogen-bond acceptors (Lipinski definition) is 10. The van der Waals surface area contributed by atoms with Crippen molar-refractivity contribution in [3.8, 4) is 5.75 Å². The first-order chi connectivity index (χ1) is 21.0. The number of nitrogens with two attached hydrogens (primary N) is 1. The number of unbranched alkanes of at least 4 members (excludes halogenated alkanes) is 4. The summed E-state index contributed by atoms with van der Waals surface area (Å²) in [6.45, 7) is 1.92. The Labute approximate surface area is 258 Å². The van der Waals surface area contributed by atoms with Crippen molar-refractivity contribution in [3.05, 3.63) is 29.8 Å². The molecule has 1 unspecified atom stereocenters. The molecule has 248 valence electrons. The molecule has 1 fully saturated rings. The summed E-state index contributed by atoms with van der Waals surface area (Å²) in [5, 5.41) is 38.2. The molecule has 44 heavy (non-hydrogen) atoms. The summed E-state index contributed by atoms with van der Waals surface area (Å²) in [5.41, 5.74) is 6.44. The van der Waals surface area contributed by atoms with E-state index in [0.29, 0.717) is 19.6 Å². The number of nitrogens with zero attached hydrogens (tertiary/aromatic N) is 4. The lowest BCUT2D eigenvalue weighted by atomic mass is 10.0. The summed E-state index contributed by atoms with van der Waals surface area (Å²) >= 11 is 0. The molecule has 1 aliphatic rings. The second-order valence-corrected chi connectivity index (χ2v) is 11.2. The van der Waals surface area contributed by atoms with E-state index in [-0.39, 0.29) is 72.0 Å². The average molecular weight is 624 g/mol. The first-order valence-electron chi connectivity index (χ1n) is 15.3. The number of hydrogen-bond donors (Lipinski definition) is 5. The molecule has 0 spiro atoms. The Morgan fingerprint density at radius 1 is 0.659 bits per heavy atom. The summed E-state index contributed by atoms with van der Waals surface area (Å²) in [6.07, 6.45) is 5.71. The molecular weight excluding hydrogens is 574 g/mol. The Morgan fingerprint density at radius 3 is 1.68 bits per heavy atom. The first-order valence-corrected chi connectivity index (χ1v) is 15.3. The number of benzene rings is 1. The molecule has 0 aliphatic carbocycles. The summed E-state index contributed by atoms with van der Waals surface area (Å²) in [7, 11) is 0. The van der Waals surface area contributed by atoms with Crippen LogP contribution in [0.25, 0.3) is 0 Å². The third-order valence-corrected chi connectivity index (χ3v) is 7.58. The minimum atomic E-state index is -1.05. The maximum absolute atomic E-state index is 11.9. The van der Waals surface area contributed by atoms with Gasteiger partial charge in [-0.1, -0.05) is 31.4 Å². The van der Waals surface area contributed by atoms with E-state index in [1.807, 2.05) is 24.3 Å². The molecule has 1 heterocycles. The zero-order valence-corrected chi connectivity index (χ0v) is 25.5. The summed E-state index contributed by atoms with van der Waals surface area (Å²) in [5.74, 6) is -3.43. The molecule has 0 amide bonds. The van der Waals surface area contributed by atoms with Gasteiger partial charge in [0.15, 0.2) is 0 Å². The van der Waals surface area contributed by atoms with Gasteiger partial charge in [0.2, 0.25) is 0 Å². The number of ether oxygens (including phenoxy) is 1. The molecule has 0 radical (unpaired) electrons. The quantitative estimate of drug-likeness (QED) is 0.141. The molecule has 1 aromatic rings. The van der Waals surface area contributed by atoms with Crippen molar-refractivity contribution in [3.63, 3.8) is 0 Å². The smallest absolute Gasteiger partial charge is 0.317 e. The van der Waals surface area contributed by atoms with Gasteiger partial charge in [0.1, 0.15) is 5.75 Å². The topological polar surface area (TPSA) is 197 Å². The molecular formula is C30H49N5O9. The van der Waals surface area contributed by atoms with Crippen LogP contribution in [0.4, 0.5) is 0 Å². The van der Waals surface area contributed by atoms with Crippen LogP contribution >= 0.6 is 0 Å². The molecule has 6 N–H and O–H groups in total. The largest absolute Gasteiger partial charge is 0.494 e. The Balaban J connectivity index is 2.23. The lowest BCUT2D eigenvalue weighted by Crippen LogP contribution is -2.53. The van der Waals surface area contributed by atoms with E-state index < -0.39 is 29.9 Å². The van der Waals surface area contributed by atoms with Gasteiger partial charge < -0.3 is 30.9 Å². The van der Waals surface area contributed by atoms with Gasteiger partial charge in [-0.15, -0.1) is 0 Å². The Morgan fingerprint density at radius 2 is 1.14 bits per heavy atom. The lowest BCUT2D eigenvalue weighted by molar-refractivity contribution is -0.142. The highest BCUT2D eigenvalue weighted by atomic mass is 16.5. The lowest BCUT2D eigenvalue weighted by Gasteiger charge is -2.37. The van der Waals surface area contributed by atoms with Crippen LogP contribution in [0, 0.1) is 0 Å². The SMILES string of the molecule is NCCCCCCCOc1ccc(CC2CN(CC(=O)O)CCN(CC(=O)O)CCN(CC(=O)O)CCN2CC(=O)O)cc1. The van der Waals surface area contributed by atoms with Crippen LogP contribution in [-0.2, 0) is 25.6 Å². The van der Waals surface area contributed by atoms with Gasteiger partial charge in [-0.25, -0.2) is 0 Å². The minimum absolute atomic E-state index is 0.224. The minimum Gasteiger partial charge on any atom is -0.494 e. The molecule has 0 bridgehead atoms. The second-order valence-electron chi connectivity index (χ2n) is 11.2. The van der Waals surface area contributed by atoms with Crippen LogP contribution in [-0.4, -0.2) is 155 Å².